The second kappa shape index (κ2) is 7.43. The third-order valence-electron chi connectivity index (χ3n) is 8.15. The van der Waals surface area contributed by atoms with Crippen molar-refractivity contribution in [2.24, 2.45) is 23.7 Å². The van der Waals surface area contributed by atoms with Gasteiger partial charge in [0.15, 0.2) is 0 Å². The molecule has 144 valence electrons. The first kappa shape index (κ1) is 18.2. The SMILES string of the molecule is COC1CC2CC[NH+]3CC4C(CCC(OC)C4O)CC3C2CC1OC. The lowest BCUT2D eigenvalue weighted by atomic mass is 9.62. The Balaban J connectivity index is 1.48. The summed E-state index contributed by atoms with van der Waals surface area (Å²) < 4.78 is 17.0. The number of nitrogens with one attached hydrogen (secondary N) is 1. The average Bonchev–Trinajstić information content (AvgIpc) is 2.66. The first-order valence-corrected chi connectivity index (χ1v) is 10.3. The first-order valence-electron chi connectivity index (χ1n) is 10.3. The van der Waals surface area contributed by atoms with Crippen molar-refractivity contribution >= 4 is 0 Å². The van der Waals surface area contributed by atoms with Gasteiger partial charge in [0.05, 0.1) is 43.5 Å². The second-order valence-corrected chi connectivity index (χ2v) is 8.95. The van der Waals surface area contributed by atoms with E-state index in [0.29, 0.717) is 11.8 Å². The second-order valence-electron chi connectivity index (χ2n) is 8.95. The Morgan fingerprint density at radius 3 is 2.16 bits per heavy atom. The molecule has 0 aromatic rings. The van der Waals surface area contributed by atoms with Crippen LogP contribution < -0.4 is 4.90 Å². The molecular weight excluding hydrogens is 318 g/mol. The van der Waals surface area contributed by atoms with Gasteiger partial charge in [-0.1, -0.05) is 0 Å². The van der Waals surface area contributed by atoms with Gasteiger partial charge in [0, 0.05) is 39.6 Å². The van der Waals surface area contributed by atoms with E-state index in [1.807, 2.05) is 14.2 Å². The van der Waals surface area contributed by atoms with Crippen LogP contribution in [0.1, 0.15) is 38.5 Å². The summed E-state index contributed by atoms with van der Waals surface area (Å²) in [5.41, 5.74) is 0. The standard InChI is InChI=1S/C20H35NO4/c1-23-17-5-4-12-8-16-14-10-19(25-3)18(24-2)9-13(14)6-7-21(16)11-15(12)20(17)22/h12-20,22H,4-11H2,1-3H3/p+1. The molecule has 2 heterocycles. The highest BCUT2D eigenvalue weighted by molar-refractivity contribution is 4.97. The fourth-order valence-electron chi connectivity index (χ4n) is 6.80. The molecule has 2 saturated carbocycles. The third kappa shape index (κ3) is 3.16. The van der Waals surface area contributed by atoms with Crippen molar-refractivity contribution in [3.63, 3.8) is 0 Å². The minimum absolute atomic E-state index is 0.0461. The van der Waals surface area contributed by atoms with Crippen LogP contribution in [0.2, 0.25) is 0 Å². The summed E-state index contributed by atoms with van der Waals surface area (Å²) in [6.07, 6.45) is 7.41. The molecule has 10 unspecified atom stereocenters. The fourth-order valence-corrected chi connectivity index (χ4v) is 6.80. The van der Waals surface area contributed by atoms with Gasteiger partial charge in [-0.05, 0) is 43.9 Å². The van der Waals surface area contributed by atoms with Gasteiger partial charge in [-0.15, -0.1) is 0 Å². The Hall–Kier alpha value is -0.200. The number of quaternary nitrogens is 1. The summed E-state index contributed by atoms with van der Waals surface area (Å²) in [4.78, 5) is 1.74. The van der Waals surface area contributed by atoms with E-state index in [1.54, 1.807) is 12.0 Å². The maximum Gasteiger partial charge on any atom is 0.0909 e. The van der Waals surface area contributed by atoms with E-state index in [4.69, 9.17) is 14.2 Å². The van der Waals surface area contributed by atoms with Gasteiger partial charge < -0.3 is 24.2 Å². The number of fused-ring (bicyclic) bond motifs is 4. The maximum atomic E-state index is 10.8. The fraction of sp³-hybridized carbons (Fsp3) is 1.00. The quantitative estimate of drug-likeness (QED) is 0.775. The molecule has 4 aliphatic rings. The molecule has 2 aliphatic carbocycles. The number of aliphatic hydroxyl groups excluding tert-OH is 1. The Morgan fingerprint density at radius 2 is 1.44 bits per heavy atom. The Morgan fingerprint density at radius 1 is 0.760 bits per heavy atom. The van der Waals surface area contributed by atoms with Crippen LogP contribution in [0.25, 0.3) is 0 Å². The topological polar surface area (TPSA) is 52.4 Å². The molecule has 2 aliphatic heterocycles. The van der Waals surface area contributed by atoms with E-state index in [0.717, 1.165) is 43.7 Å². The van der Waals surface area contributed by atoms with Crippen molar-refractivity contribution in [2.75, 3.05) is 34.4 Å². The zero-order valence-electron chi connectivity index (χ0n) is 16.0. The predicted molar refractivity (Wildman–Crippen MR) is 94.5 cm³/mol. The molecule has 4 fully saturated rings. The smallest absolute Gasteiger partial charge is 0.0909 e. The van der Waals surface area contributed by atoms with Gasteiger partial charge in [0.2, 0.25) is 0 Å². The average molecular weight is 355 g/mol. The summed E-state index contributed by atoms with van der Waals surface area (Å²) in [7, 11) is 5.42. The van der Waals surface area contributed by atoms with Crippen LogP contribution in [0.15, 0.2) is 0 Å². The van der Waals surface area contributed by atoms with Crippen LogP contribution in [0, 0.1) is 23.7 Å². The zero-order chi connectivity index (χ0) is 17.6. The summed E-state index contributed by atoms with van der Waals surface area (Å²) >= 11 is 0. The summed E-state index contributed by atoms with van der Waals surface area (Å²) in [6, 6.07) is 0.752. The minimum atomic E-state index is -0.272. The van der Waals surface area contributed by atoms with Crippen LogP contribution in [-0.4, -0.2) is 70.0 Å². The van der Waals surface area contributed by atoms with Gasteiger partial charge in [0.1, 0.15) is 0 Å². The van der Waals surface area contributed by atoms with E-state index in [1.165, 1.54) is 25.8 Å². The van der Waals surface area contributed by atoms with Crippen molar-refractivity contribution in [3.05, 3.63) is 0 Å². The molecule has 0 aromatic heterocycles. The molecule has 25 heavy (non-hydrogen) atoms. The van der Waals surface area contributed by atoms with E-state index < -0.39 is 0 Å². The van der Waals surface area contributed by atoms with Gasteiger partial charge in [-0.2, -0.15) is 0 Å². The number of rotatable bonds is 3. The molecule has 2 saturated heterocycles. The molecule has 4 rings (SSSR count). The summed E-state index contributed by atoms with van der Waals surface area (Å²) in [5, 5.41) is 10.8. The highest BCUT2D eigenvalue weighted by atomic mass is 16.5. The Labute approximate surface area is 152 Å². The molecule has 0 aromatic carbocycles. The molecule has 5 heteroatoms. The summed E-state index contributed by atoms with van der Waals surface area (Å²) in [5.74, 6) is 2.66. The van der Waals surface area contributed by atoms with Crippen LogP contribution in [-0.2, 0) is 14.2 Å². The van der Waals surface area contributed by atoms with Crippen molar-refractivity contribution < 1.29 is 24.2 Å². The van der Waals surface area contributed by atoms with Crippen molar-refractivity contribution in [3.8, 4) is 0 Å². The molecular formula is C20H36NO4+. The maximum absolute atomic E-state index is 10.8. The highest BCUT2D eigenvalue weighted by Crippen LogP contribution is 2.43. The van der Waals surface area contributed by atoms with Crippen molar-refractivity contribution in [2.45, 2.75) is 69.0 Å². The van der Waals surface area contributed by atoms with Gasteiger partial charge in [-0.25, -0.2) is 0 Å². The highest BCUT2D eigenvalue weighted by Gasteiger charge is 2.53. The van der Waals surface area contributed by atoms with E-state index >= 15 is 0 Å². The van der Waals surface area contributed by atoms with Crippen LogP contribution in [0.3, 0.4) is 0 Å². The minimum Gasteiger partial charge on any atom is -0.390 e. The monoisotopic (exact) mass is 354 g/mol. The molecule has 5 nitrogen and oxygen atoms in total. The van der Waals surface area contributed by atoms with Crippen LogP contribution in [0.4, 0.5) is 0 Å². The molecule has 10 atom stereocenters. The lowest BCUT2D eigenvalue weighted by Gasteiger charge is -2.54. The number of aliphatic hydroxyl groups is 1. The number of ether oxygens (including phenoxy) is 3. The lowest BCUT2D eigenvalue weighted by molar-refractivity contribution is -0.948. The Bertz CT molecular complexity index is 461. The van der Waals surface area contributed by atoms with Crippen molar-refractivity contribution in [1.82, 2.24) is 0 Å². The predicted octanol–water partition coefficient (Wildman–Crippen LogP) is 0.506. The lowest BCUT2D eigenvalue weighted by Crippen LogP contribution is -3.20. The van der Waals surface area contributed by atoms with Crippen LogP contribution in [0.5, 0.6) is 0 Å². The molecule has 0 amide bonds. The first-order chi connectivity index (χ1) is 12.2. The van der Waals surface area contributed by atoms with Crippen molar-refractivity contribution in [1.29, 1.82) is 0 Å². The molecule has 2 N–H and O–H groups in total. The third-order valence-corrected chi connectivity index (χ3v) is 8.15. The largest absolute Gasteiger partial charge is 0.390 e. The zero-order valence-corrected chi connectivity index (χ0v) is 16.0. The van der Waals surface area contributed by atoms with Gasteiger partial charge in [-0.3, -0.25) is 0 Å². The van der Waals surface area contributed by atoms with Gasteiger partial charge >= 0.3 is 0 Å². The normalized spacial score (nSPS) is 52.8. The van der Waals surface area contributed by atoms with E-state index in [2.05, 4.69) is 0 Å². The van der Waals surface area contributed by atoms with E-state index in [9.17, 15) is 5.11 Å². The number of hydrogen-bond donors (Lipinski definition) is 2. The molecule has 0 radical (unpaired) electrons. The van der Waals surface area contributed by atoms with E-state index in [-0.39, 0.29) is 24.4 Å². The summed E-state index contributed by atoms with van der Waals surface area (Å²) in [6.45, 7) is 2.39. The van der Waals surface area contributed by atoms with Crippen LogP contribution >= 0.6 is 0 Å². The molecule has 0 bridgehead atoms. The number of methoxy groups -OCH3 is 3. The Kier molecular flexibility index (Phi) is 5.40. The number of hydrogen-bond acceptors (Lipinski definition) is 4. The van der Waals surface area contributed by atoms with Gasteiger partial charge in [0.25, 0.3) is 0 Å². The number of piperidine rings is 2. The molecule has 0 spiro atoms.